The van der Waals surface area contributed by atoms with Crippen LogP contribution in [0.25, 0.3) is 0 Å². The van der Waals surface area contributed by atoms with Crippen LogP contribution < -0.4 is 9.80 Å². The Morgan fingerprint density at radius 1 is 1.25 bits per heavy atom. The highest BCUT2D eigenvalue weighted by Gasteiger charge is 2.34. The van der Waals surface area contributed by atoms with Crippen molar-refractivity contribution in [2.45, 2.75) is 33.6 Å². The number of aromatic nitrogens is 1. The number of rotatable bonds is 2. The van der Waals surface area contributed by atoms with Gasteiger partial charge in [0, 0.05) is 29.3 Å². The number of pyridine rings is 1. The maximum Gasteiger partial charge on any atom is 0.167 e. The molecule has 0 N–H and O–H groups in total. The van der Waals surface area contributed by atoms with Gasteiger partial charge in [-0.2, -0.15) is 0 Å². The summed E-state index contributed by atoms with van der Waals surface area (Å²) in [6.07, 6.45) is 1.77. The van der Waals surface area contributed by atoms with E-state index in [1.54, 1.807) is 6.07 Å². The Labute approximate surface area is 146 Å². The summed E-state index contributed by atoms with van der Waals surface area (Å²) in [7, 11) is 0. The Hall–Kier alpha value is -1.53. The smallest absolute Gasteiger partial charge is 0.167 e. The van der Waals surface area contributed by atoms with Crippen LogP contribution in [0.2, 0.25) is 0 Å². The summed E-state index contributed by atoms with van der Waals surface area (Å²) in [5.74, 6) is 1.13. The number of nitrogens with zero attached hydrogens (tertiary/aromatic N) is 3. The molecule has 128 valence electrons. The van der Waals surface area contributed by atoms with Gasteiger partial charge in [-0.3, -0.25) is 4.90 Å². The summed E-state index contributed by atoms with van der Waals surface area (Å²) in [4.78, 5) is 10.3. The zero-order valence-corrected chi connectivity index (χ0v) is 15.2. The first-order valence-electron chi connectivity index (χ1n) is 8.49. The van der Waals surface area contributed by atoms with E-state index < -0.39 is 0 Å². The Bertz CT molecular complexity index is 753. The first-order valence-corrected chi connectivity index (χ1v) is 9.31. The van der Waals surface area contributed by atoms with Crippen molar-refractivity contribution in [2.24, 2.45) is 0 Å². The number of hydrogen-bond acceptors (Lipinski definition) is 5. The van der Waals surface area contributed by atoms with Gasteiger partial charge in [0.25, 0.3) is 0 Å². The van der Waals surface area contributed by atoms with E-state index in [0.29, 0.717) is 32.1 Å². The van der Waals surface area contributed by atoms with Crippen molar-refractivity contribution in [1.29, 1.82) is 0 Å². The maximum absolute atomic E-state index is 14.7. The van der Waals surface area contributed by atoms with Gasteiger partial charge < -0.3 is 9.64 Å². The fourth-order valence-corrected chi connectivity index (χ4v) is 4.67. The number of allylic oxidation sites excluding steroid dienone is 3. The predicted octanol–water partition coefficient (Wildman–Crippen LogP) is 4.04. The molecule has 4 heterocycles. The third-order valence-corrected chi connectivity index (χ3v) is 6.23. The summed E-state index contributed by atoms with van der Waals surface area (Å²) in [5, 5.41) is 1.27. The van der Waals surface area contributed by atoms with E-state index in [2.05, 4.69) is 25.7 Å². The highest BCUT2D eigenvalue weighted by atomic mass is 32.2. The molecule has 4 nitrogen and oxygen atoms in total. The molecule has 1 aromatic rings. The van der Waals surface area contributed by atoms with E-state index in [9.17, 15) is 4.39 Å². The lowest BCUT2D eigenvalue weighted by atomic mass is 10.00. The first-order chi connectivity index (χ1) is 11.6. The van der Waals surface area contributed by atoms with Gasteiger partial charge in [-0.1, -0.05) is 18.7 Å². The normalized spacial score (nSPS) is 20.7. The largest absolute Gasteiger partial charge is 0.378 e. The number of fused-ring (bicyclic) bond motifs is 3. The van der Waals surface area contributed by atoms with Crippen LogP contribution in [0.15, 0.2) is 27.3 Å². The molecule has 0 aliphatic carbocycles. The molecule has 0 atom stereocenters. The lowest BCUT2D eigenvalue weighted by Gasteiger charge is -2.33. The Morgan fingerprint density at radius 3 is 2.71 bits per heavy atom. The first kappa shape index (κ1) is 16.0. The highest BCUT2D eigenvalue weighted by molar-refractivity contribution is 8.07. The third-order valence-electron chi connectivity index (χ3n) is 4.97. The Balaban J connectivity index is 1.81. The minimum atomic E-state index is -0.222. The van der Waals surface area contributed by atoms with Crippen LogP contribution >= 0.6 is 11.8 Å². The second-order valence-corrected chi connectivity index (χ2v) is 7.60. The van der Waals surface area contributed by atoms with E-state index >= 15 is 0 Å². The van der Waals surface area contributed by atoms with Crippen molar-refractivity contribution in [2.75, 3.05) is 36.1 Å². The number of anilines is 2. The molecule has 0 radical (unpaired) electrons. The summed E-state index contributed by atoms with van der Waals surface area (Å²) in [6.45, 7) is 9.06. The van der Waals surface area contributed by atoms with Gasteiger partial charge in [0.15, 0.2) is 11.6 Å². The fraction of sp³-hybridized carbons (Fsp3) is 0.500. The van der Waals surface area contributed by atoms with Gasteiger partial charge >= 0.3 is 0 Å². The second-order valence-electron chi connectivity index (χ2n) is 6.39. The second kappa shape index (κ2) is 6.08. The molecule has 0 spiro atoms. The molecular weight excluding hydrogens is 325 g/mol. The predicted molar refractivity (Wildman–Crippen MR) is 96.7 cm³/mol. The molecule has 0 bridgehead atoms. The van der Waals surface area contributed by atoms with Crippen molar-refractivity contribution in [3.05, 3.63) is 38.7 Å². The number of halogens is 1. The summed E-state index contributed by atoms with van der Waals surface area (Å²) in [6, 6.07) is 1.69. The molecule has 1 saturated heterocycles. The van der Waals surface area contributed by atoms with Crippen LogP contribution in [0.3, 0.4) is 0 Å². The monoisotopic (exact) mass is 347 g/mol. The molecule has 3 aliphatic rings. The van der Waals surface area contributed by atoms with Crippen LogP contribution in [0.4, 0.5) is 16.0 Å². The zero-order valence-electron chi connectivity index (χ0n) is 14.4. The number of morpholine rings is 1. The van der Waals surface area contributed by atoms with E-state index in [1.807, 2.05) is 16.7 Å². The van der Waals surface area contributed by atoms with Crippen LogP contribution in [0.1, 0.15) is 32.8 Å². The van der Waals surface area contributed by atoms with E-state index in [0.717, 1.165) is 24.2 Å². The molecule has 1 aromatic heterocycles. The number of thioether (sulfide) groups is 1. The number of hydrogen-bond donors (Lipinski definition) is 0. The van der Waals surface area contributed by atoms with Crippen LogP contribution in [-0.2, 0) is 11.2 Å². The lowest BCUT2D eigenvalue weighted by molar-refractivity contribution is 0.122. The Morgan fingerprint density at radius 2 is 2.00 bits per heavy atom. The van der Waals surface area contributed by atoms with Crippen LogP contribution in [-0.4, -0.2) is 31.3 Å². The van der Waals surface area contributed by atoms with Crippen molar-refractivity contribution in [1.82, 2.24) is 4.98 Å². The zero-order chi connectivity index (χ0) is 16.8. The molecule has 1 fully saturated rings. The van der Waals surface area contributed by atoms with Crippen molar-refractivity contribution in [3.8, 4) is 0 Å². The lowest BCUT2D eigenvalue weighted by Crippen LogP contribution is -2.38. The molecule has 0 unspecified atom stereocenters. The summed E-state index contributed by atoms with van der Waals surface area (Å²) < 4.78 is 20.1. The van der Waals surface area contributed by atoms with Crippen LogP contribution in [0, 0.1) is 5.82 Å². The average molecular weight is 347 g/mol. The number of ether oxygens (including phenoxy) is 1. The SMILES string of the molecule is CCC1=C2SC(C)=C(C)N2c2nc(N3CCOCC3)c(F)cc2C1. The molecule has 24 heavy (non-hydrogen) atoms. The van der Waals surface area contributed by atoms with Crippen molar-refractivity contribution < 1.29 is 9.13 Å². The Kier molecular flexibility index (Phi) is 4.04. The molecule has 0 saturated carbocycles. The molecule has 0 aromatic carbocycles. The highest BCUT2D eigenvalue weighted by Crippen LogP contribution is 2.49. The van der Waals surface area contributed by atoms with Crippen molar-refractivity contribution >= 4 is 23.4 Å². The van der Waals surface area contributed by atoms with E-state index in [1.165, 1.54) is 21.2 Å². The molecular formula is C18H22FN3OS. The van der Waals surface area contributed by atoms with Gasteiger partial charge in [0.05, 0.1) is 18.2 Å². The average Bonchev–Trinajstić information content (AvgIpc) is 2.90. The van der Waals surface area contributed by atoms with Gasteiger partial charge in [0.2, 0.25) is 0 Å². The molecule has 3 aliphatic heterocycles. The molecule has 0 amide bonds. The quantitative estimate of drug-likeness (QED) is 0.805. The summed E-state index contributed by atoms with van der Waals surface area (Å²) in [5.41, 5.74) is 3.55. The van der Waals surface area contributed by atoms with Gasteiger partial charge in [-0.15, -0.1) is 0 Å². The van der Waals surface area contributed by atoms with E-state index in [4.69, 9.17) is 9.72 Å². The topological polar surface area (TPSA) is 28.6 Å². The standard InChI is InChI=1S/C18H22FN3OS/c1-4-13-9-14-10-15(19)17(21-5-7-23-8-6-21)20-16(14)22-11(2)12(3)24-18(13)22/h10H,4-9H2,1-3H3. The van der Waals surface area contributed by atoms with Gasteiger partial charge in [-0.25, -0.2) is 9.37 Å². The van der Waals surface area contributed by atoms with Gasteiger partial charge in [0.1, 0.15) is 5.82 Å². The third kappa shape index (κ3) is 2.43. The maximum atomic E-state index is 14.7. The summed E-state index contributed by atoms with van der Waals surface area (Å²) >= 11 is 1.82. The molecule has 4 rings (SSSR count). The minimum absolute atomic E-state index is 0.222. The minimum Gasteiger partial charge on any atom is -0.378 e. The van der Waals surface area contributed by atoms with Crippen molar-refractivity contribution in [3.63, 3.8) is 0 Å². The molecule has 6 heteroatoms. The van der Waals surface area contributed by atoms with Gasteiger partial charge in [-0.05, 0) is 38.3 Å². The van der Waals surface area contributed by atoms with E-state index in [-0.39, 0.29) is 5.82 Å². The fourth-order valence-electron chi connectivity index (χ4n) is 3.47. The van der Waals surface area contributed by atoms with Crippen LogP contribution in [0.5, 0.6) is 0 Å².